The molecule has 0 saturated carbocycles. The fourth-order valence-electron chi connectivity index (χ4n) is 4.50. The van der Waals surface area contributed by atoms with Crippen LogP contribution in [0.1, 0.15) is 55.8 Å². The molecule has 1 unspecified atom stereocenters. The van der Waals surface area contributed by atoms with Gasteiger partial charge in [-0.1, -0.05) is 38.1 Å². The van der Waals surface area contributed by atoms with Crippen LogP contribution >= 0.6 is 0 Å². The topological polar surface area (TPSA) is 133 Å². The minimum absolute atomic E-state index is 0.0229. The fourth-order valence-corrected chi connectivity index (χ4v) is 4.50. The molecule has 0 bridgehead atoms. The van der Waals surface area contributed by atoms with Crippen molar-refractivity contribution < 1.29 is 23.7 Å². The molecule has 0 aliphatic carbocycles. The Morgan fingerprint density at radius 2 is 2.00 bits per heavy atom. The Kier molecular flexibility index (Phi) is 4.67. The Labute approximate surface area is 178 Å². The number of nitrogens with one attached hydrogen (secondary N) is 1. The number of nitrogen functional groups attached to an aromatic ring is 1. The minimum Gasteiger partial charge on any atom is -0.456 e. The Balaban J connectivity index is 1.52. The predicted molar refractivity (Wildman–Crippen MR) is 111 cm³/mol. The van der Waals surface area contributed by atoms with Gasteiger partial charge < -0.3 is 29.5 Å². The monoisotopic (exact) mass is 427 g/mol. The van der Waals surface area contributed by atoms with E-state index in [1.165, 1.54) is 11.8 Å². The van der Waals surface area contributed by atoms with Crippen molar-refractivity contribution in [1.82, 2.24) is 9.97 Å². The van der Waals surface area contributed by atoms with E-state index in [1.54, 1.807) is 0 Å². The van der Waals surface area contributed by atoms with Gasteiger partial charge in [-0.25, -0.2) is 4.98 Å². The van der Waals surface area contributed by atoms with Gasteiger partial charge in [0.1, 0.15) is 29.4 Å². The summed E-state index contributed by atoms with van der Waals surface area (Å²) in [5.74, 6) is 0.399. The average molecular weight is 427 g/mol. The molecule has 1 aromatic carbocycles. The number of aromatic amines is 1. The summed E-state index contributed by atoms with van der Waals surface area (Å²) in [6, 6.07) is 8.10. The summed E-state index contributed by atoms with van der Waals surface area (Å²) in [6.07, 6.45) is -1.01. The molecular weight excluding hydrogens is 402 g/mol. The van der Waals surface area contributed by atoms with Gasteiger partial charge in [0.15, 0.2) is 6.29 Å². The summed E-state index contributed by atoms with van der Waals surface area (Å²) in [5.41, 5.74) is 7.31. The first kappa shape index (κ1) is 20.2. The molecule has 0 spiro atoms. The number of nitrogens with zero attached hydrogens (tertiary/aromatic N) is 1. The van der Waals surface area contributed by atoms with E-state index in [1.807, 2.05) is 19.1 Å². The van der Waals surface area contributed by atoms with Gasteiger partial charge in [-0.3, -0.25) is 9.78 Å². The highest BCUT2D eigenvalue weighted by Crippen LogP contribution is 2.54. The Hall–Kier alpha value is -2.72. The molecule has 3 aromatic rings. The van der Waals surface area contributed by atoms with Crippen LogP contribution in [-0.2, 0) is 14.2 Å². The number of ether oxygens (including phenoxy) is 3. The van der Waals surface area contributed by atoms with Crippen LogP contribution in [0.5, 0.6) is 0 Å². The molecule has 0 amide bonds. The maximum atomic E-state index is 12.2. The van der Waals surface area contributed by atoms with Gasteiger partial charge in [0.25, 0.3) is 5.56 Å². The van der Waals surface area contributed by atoms with Crippen molar-refractivity contribution in [2.75, 3.05) is 12.3 Å². The number of H-pyrrole nitrogens is 1. The lowest BCUT2D eigenvalue weighted by Crippen LogP contribution is -2.40. The summed E-state index contributed by atoms with van der Waals surface area (Å²) in [6.45, 7) is 5.90. The summed E-state index contributed by atoms with van der Waals surface area (Å²) in [4.78, 5) is 18.8. The van der Waals surface area contributed by atoms with E-state index < -0.39 is 35.8 Å². The number of fused-ring (bicyclic) bond motifs is 2. The number of furan rings is 1. The molecule has 9 nitrogen and oxygen atoms in total. The fraction of sp³-hybridized carbons (Fsp3) is 0.455. The molecule has 0 radical (unpaired) electrons. The molecule has 2 aliphatic heterocycles. The molecule has 9 heteroatoms. The molecule has 5 rings (SSSR count). The predicted octanol–water partition coefficient (Wildman–Crippen LogP) is 2.53. The van der Waals surface area contributed by atoms with Crippen LogP contribution in [0.2, 0.25) is 0 Å². The van der Waals surface area contributed by atoms with E-state index in [0.29, 0.717) is 17.0 Å². The van der Waals surface area contributed by atoms with Crippen molar-refractivity contribution in [3.8, 4) is 0 Å². The number of rotatable bonds is 4. The molecule has 4 heterocycles. The third-order valence-corrected chi connectivity index (χ3v) is 6.18. The molecular formula is C22H25N3O6. The van der Waals surface area contributed by atoms with Crippen LogP contribution < -0.4 is 11.3 Å². The van der Waals surface area contributed by atoms with Gasteiger partial charge in [-0.2, -0.15) is 0 Å². The highest BCUT2D eigenvalue weighted by atomic mass is 16.8. The van der Waals surface area contributed by atoms with Gasteiger partial charge in [0.05, 0.1) is 12.9 Å². The number of aliphatic hydroxyl groups is 1. The zero-order valence-corrected chi connectivity index (χ0v) is 17.5. The maximum absolute atomic E-state index is 12.2. The second-order valence-corrected chi connectivity index (χ2v) is 8.57. The van der Waals surface area contributed by atoms with Crippen molar-refractivity contribution in [2.45, 2.75) is 56.9 Å². The number of aliphatic hydroxyl groups excluding tert-OH is 1. The number of benzene rings is 1. The van der Waals surface area contributed by atoms with Gasteiger partial charge >= 0.3 is 0 Å². The van der Waals surface area contributed by atoms with Gasteiger partial charge in [-0.15, -0.1) is 0 Å². The largest absolute Gasteiger partial charge is 0.456 e. The van der Waals surface area contributed by atoms with Crippen LogP contribution in [0.25, 0.3) is 11.1 Å². The van der Waals surface area contributed by atoms with Crippen LogP contribution in [0.4, 0.5) is 5.95 Å². The standard InChI is InChI=1S/C22H25N3O6/c1-10(2)11-4-6-12(7-5-11)20-30-18-14(8-26)29-17(22(18,3)31-20)13-9-28-16-15(13)24-21(23)25-19(16)27/h4-7,9-10,14,17-18,20,26H,8H2,1-3H3,(H3,23,24,25,27)/t14-,17+,18-,20?,22+/m1/s1. The summed E-state index contributed by atoms with van der Waals surface area (Å²) >= 11 is 0. The van der Waals surface area contributed by atoms with Crippen molar-refractivity contribution in [3.63, 3.8) is 0 Å². The lowest BCUT2D eigenvalue weighted by Gasteiger charge is -2.27. The van der Waals surface area contributed by atoms with E-state index in [9.17, 15) is 9.90 Å². The number of hydrogen-bond acceptors (Lipinski definition) is 8. The first-order chi connectivity index (χ1) is 14.8. The van der Waals surface area contributed by atoms with E-state index >= 15 is 0 Å². The normalized spacial score (nSPS) is 30.4. The Morgan fingerprint density at radius 1 is 1.26 bits per heavy atom. The maximum Gasteiger partial charge on any atom is 0.295 e. The molecule has 2 saturated heterocycles. The Morgan fingerprint density at radius 3 is 2.68 bits per heavy atom. The van der Waals surface area contributed by atoms with Gasteiger partial charge in [0, 0.05) is 11.1 Å². The lowest BCUT2D eigenvalue weighted by molar-refractivity contribution is -0.157. The third-order valence-electron chi connectivity index (χ3n) is 6.18. The smallest absolute Gasteiger partial charge is 0.295 e. The zero-order valence-electron chi connectivity index (χ0n) is 17.5. The van der Waals surface area contributed by atoms with Crippen LogP contribution in [0.3, 0.4) is 0 Å². The highest BCUT2D eigenvalue weighted by molar-refractivity contribution is 5.77. The van der Waals surface area contributed by atoms with E-state index in [-0.39, 0.29) is 18.1 Å². The molecule has 4 N–H and O–H groups in total. The van der Waals surface area contributed by atoms with Crippen molar-refractivity contribution in [2.24, 2.45) is 0 Å². The lowest BCUT2D eigenvalue weighted by atomic mass is 9.89. The second kappa shape index (κ2) is 7.16. The molecule has 164 valence electrons. The molecule has 2 aromatic heterocycles. The first-order valence-electron chi connectivity index (χ1n) is 10.3. The quantitative estimate of drug-likeness (QED) is 0.579. The van der Waals surface area contributed by atoms with Crippen molar-refractivity contribution in [1.29, 1.82) is 0 Å². The van der Waals surface area contributed by atoms with Crippen LogP contribution in [0, 0.1) is 0 Å². The highest BCUT2D eigenvalue weighted by Gasteiger charge is 2.62. The summed E-state index contributed by atoms with van der Waals surface area (Å²) in [7, 11) is 0. The first-order valence-corrected chi connectivity index (χ1v) is 10.3. The minimum atomic E-state index is -0.940. The van der Waals surface area contributed by atoms with Gasteiger partial charge in [-0.05, 0) is 18.4 Å². The number of nitrogens with two attached hydrogens (primary N) is 1. The van der Waals surface area contributed by atoms with Crippen LogP contribution in [-0.4, -0.2) is 39.5 Å². The zero-order chi connectivity index (χ0) is 21.9. The molecule has 31 heavy (non-hydrogen) atoms. The average Bonchev–Trinajstić information content (AvgIpc) is 3.38. The van der Waals surface area contributed by atoms with Crippen LogP contribution in [0.15, 0.2) is 39.7 Å². The summed E-state index contributed by atoms with van der Waals surface area (Å²) < 4.78 is 24.2. The number of anilines is 1. The number of aromatic nitrogens is 2. The summed E-state index contributed by atoms with van der Waals surface area (Å²) in [5, 5.41) is 9.92. The third kappa shape index (κ3) is 3.08. The SMILES string of the molecule is CC(C)c1ccc(C2O[C@@H]3[C@@H](CO)O[C@@H](c4coc5c(=O)[nH]c(N)nc45)[C@]3(C)O2)cc1. The molecule has 5 atom stereocenters. The molecule has 2 fully saturated rings. The number of hydrogen-bond donors (Lipinski definition) is 3. The van der Waals surface area contributed by atoms with Crippen molar-refractivity contribution >= 4 is 17.0 Å². The van der Waals surface area contributed by atoms with E-state index in [0.717, 1.165) is 5.56 Å². The van der Waals surface area contributed by atoms with Crippen molar-refractivity contribution in [3.05, 3.63) is 57.6 Å². The van der Waals surface area contributed by atoms with E-state index in [2.05, 4.69) is 35.9 Å². The second-order valence-electron chi connectivity index (χ2n) is 8.57. The van der Waals surface area contributed by atoms with Gasteiger partial charge in [0.2, 0.25) is 11.5 Å². The Bertz CT molecular complexity index is 1170. The van der Waals surface area contributed by atoms with E-state index in [4.69, 9.17) is 24.4 Å². The molecule has 2 aliphatic rings.